The van der Waals surface area contributed by atoms with Crippen LogP contribution in [0.1, 0.15) is 27.2 Å². The first-order valence-electron chi connectivity index (χ1n) is 4.48. The summed E-state index contributed by atoms with van der Waals surface area (Å²) in [6.07, 6.45) is 0.218. The standard InChI is InChI=1S/C9H18N2O3/c1-9(2,3)8(13)10-6-5-7(12)11-14-4/h5-6H2,1-4H3,(H,10,13)(H,11,12). The summed E-state index contributed by atoms with van der Waals surface area (Å²) in [5, 5.41) is 2.66. The van der Waals surface area contributed by atoms with Crippen molar-refractivity contribution in [3.8, 4) is 0 Å². The molecule has 0 spiro atoms. The summed E-state index contributed by atoms with van der Waals surface area (Å²) < 4.78 is 0. The topological polar surface area (TPSA) is 67.4 Å². The third kappa shape index (κ3) is 5.53. The Hall–Kier alpha value is -1.10. The second-order valence-corrected chi connectivity index (χ2v) is 3.99. The molecule has 2 amide bonds. The number of nitrogens with one attached hydrogen (secondary N) is 2. The fourth-order valence-corrected chi connectivity index (χ4v) is 0.720. The monoisotopic (exact) mass is 202 g/mol. The zero-order chi connectivity index (χ0) is 11.2. The van der Waals surface area contributed by atoms with Crippen molar-refractivity contribution in [1.82, 2.24) is 10.8 Å². The molecule has 14 heavy (non-hydrogen) atoms. The Balaban J connectivity index is 3.65. The molecule has 5 nitrogen and oxygen atoms in total. The highest BCUT2D eigenvalue weighted by Crippen LogP contribution is 2.11. The quantitative estimate of drug-likeness (QED) is 0.641. The Bertz CT molecular complexity index is 209. The van der Waals surface area contributed by atoms with E-state index in [2.05, 4.69) is 15.6 Å². The van der Waals surface area contributed by atoms with Crippen molar-refractivity contribution in [2.75, 3.05) is 13.7 Å². The van der Waals surface area contributed by atoms with Gasteiger partial charge in [0, 0.05) is 18.4 Å². The van der Waals surface area contributed by atoms with E-state index < -0.39 is 5.41 Å². The van der Waals surface area contributed by atoms with Gasteiger partial charge in [0.2, 0.25) is 11.8 Å². The van der Waals surface area contributed by atoms with E-state index >= 15 is 0 Å². The van der Waals surface area contributed by atoms with Crippen LogP contribution in [0.2, 0.25) is 0 Å². The number of hydroxylamine groups is 1. The molecule has 0 fully saturated rings. The van der Waals surface area contributed by atoms with Crippen molar-refractivity contribution in [2.24, 2.45) is 5.41 Å². The van der Waals surface area contributed by atoms with Crippen LogP contribution in [0.4, 0.5) is 0 Å². The molecule has 0 heterocycles. The van der Waals surface area contributed by atoms with Crippen molar-refractivity contribution in [1.29, 1.82) is 0 Å². The second kappa shape index (κ2) is 5.59. The summed E-state index contributed by atoms with van der Waals surface area (Å²) in [4.78, 5) is 26.6. The maximum Gasteiger partial charge on any atom is 0.245 e. The van der Waals surface area contributed by atoms with Gasteiger partial charge in [0.25, 0.3) is 0 Å². The Morgan fingerprint density at radius 2 is 1.86 bits per heavy atom. The minimum absolute atomic E-state index is 0.0669. The SMILES string of the molecule is CONC(=O)CCNC(=O)C(C)(C)C. The van der Waals surface area contributed by atoms with Crippen molar-refractivity contribution < 1.29 is 14.4 Å². The van der Waals surface area contributed by atoms with E-state index in [-0.39, 0.29) is 18.2 Å². The van der Waals surface area contributed by atoms with Gasteiger partial charge in [-0.3, -0.25) is 14.4 Å². The summed E-state index contributed by atoms with van der Waals surface area (Å²) in [6.45, 7) is 5.78. The molecular formula is C9H18N2O3. The van der Waals surface area contributed by atoms with Crippen LogP contribution in [0.15, 0.2) is 0 Å². The molecule has 2 N–H and O–H groups in total. The molecule has 0 atom stereocenters. The molecule has 0 aliphatic carbocycles. The Morgan fingerprint density at radius 3 is 2.29 bits per heavy atom. The lowest BCUT2D eigenvalue weighted by Crippen LogP contribution is -2.37. The van der Waals surface area contributed by atoms with Gasteiger partial charge in [-0.15, -0.1) is 0 Å². The molecule has 0 radical (unpaired) electrons. The summed E-state index contributed by atoms with van der Waals surface area (Å²) in [7, 11) is 1.37. The van der Waals surface area contributed by atoms with Gasteiger partial charge in [0.1, 0.15) is 0 Å². The van der Waals surface area contributed by atoms with Crippen molar-refractivity contribution >= 4 is 11.8 Å². The highest BCUT2D eigenvalue weighted by Gasteiger charge is 2.20. The summed E-state index contributed by atoms with van der Waals surface area (Å²) >= 11 is 0. The minimum Gasteiger partial charge on any atom is -0.355 e. The fraction of sp³-hybridized carbons (Fsp3) is 0.778. The number of hydrogen-bond acceptors (Lipinski definition) is 3. The van der Waals surface area contributed by atoms with Gasteiger partial charge in [-0.05, 0) is 0 Å². The highest BCUT2D eigenvalue weighted by molar-refractivity contribution is 5.82. The van der Waals surface area contributed by atoms with Crippen LogP contribution in [0.5, 0.6) is 0 Å². The normalized spacial score (nSPS) is 10.9. The van der Waals surface area contributed by atoms with E-state index in [0.29, 0.717) is 6.54 Å². The molecule has 5 heteroatoms. The van der Waals surface area contributed by atoms with Gasteiger partial charge in [0.05, 0.1) is 7.11 Å². The lowest BCUT2D eigenvalue weighted by molar-refractivity contribution is -0.131. The Labute approximate surface area is 84.1 Å². The van der Waals surface area contributed by atoms with Gasteiger partial charge < -0.3 is 5.32 Å². The molecule has 0 aromatic heterocycles. The van der Waals surface area contributed by atoms with Crippen LogP contribution in [0.3, 0.4) is 0 Å². The molecule has 0 saturated heterocycles. The predicted octanol–water partition coefficient (Wildman–Crippen LogP) is 0.216. The highest BCUT2D eigenvalue weighted by atomic mass is 16.6. The van der Waals surface area contributed by atoms with Crippen LogP contribution < -0.4 is 10.8 Å². The second-order valence-electron chi connectivity index (χ2n) is 3.99. The first-order chi connectivity index (χ1) is 6.38. The van der Waals surface area contributed by atoms with Gasteiger partial charge in [-0.2, -0.15) is 0 Å². The third-order valence-corrected chi connectivity index (χ3v) is 1.53. The lowest BCUT2D eigenvalue weighted by atomic mass is 9.96. The summed E-state index contributed by atoms with van der Waals surface area (Å²) in [5.74, 6) is -0.315. The van der Waals surface area contributed by atoms with Crippen molar-refractivity contribution in [2.45, 2.75) is 27.2 Å². The van der Waals surface area contributed by atoms with Crippen LogP contribution in [0, 0.1) is 5.41 Å². The summed E-state index contributed by atoms with van der Waals surface area (Å²) in [6, 6.07) is 0. The molecule has 0 rings (SSSR count). The van der Waals surface area contributed by atoms with Crippen molar-refractivity contribution in [3.05, 3.63) is 0 Å². The van der Waals surface area contributed by atoms with Gasteiger partial charge in [-0.1, -0.05) is 20.8 Å². The average Bonchev–Trinajstić information content (AvgIpc) is 2.02. The maximum atomic E-state index is 11.3. The fourth-order valence-electron chi connectivity index (χ4n) is 0.720. The number of hydrogen-bond donors (Lipinski definition) is 2. The largest absolute Gasteiger partial charge is 0.355 e. The number of carbonyl (C=O) groups is 2. The number of carbonyl (C=O) groups excluding carboxylic acids is 2. The summed E-state index contributed by atoms with van der Waals surface area (Å²) in [5.41, 5.74) is 1.75. The zero-order valence-corrected chi connectivity index (χ0v) is 9.14. The van der Waals surface area contributed by atoms with Gasteiger partial charge >= 0.3 is 0 Å². The third-order valence-electron chi connectivity index (χ3n) is 1.53. The van der Waals surface area contributed by atoms with E-state index in [9.17, 15) is 9.59 Å². The molecule has 82 valence electrons. The molecular weight excluding hydrogens is 184 g/mol. The van der Waals surface area contributed by atoms with E-state index in [4.69, 9.17) is 0 Å². The van der Waals surface area contributed by atoms with Crippen LogP contribution >= 0.6 is 0 Å². The van der Waals surface area contributed by atoms with E-state index in [1.165, 1.54) is 7.11 Å². The van der Waals surface area contributed by atoms with E-state index in [1.54, 1.807) is 0 Å². The number of amides is 2. The molecule has 0 aliphatic heterocycles. The Morgan fingerprint density at radius 1 is 1.29 bits per heavy atom. The zero-order valence-electron chi connectivity index (χ0n) is 9.14. The molecule has 0 saturated carbocycles. The van der Waals surface area contributed by atoms with Crippen molar-refractivity contribution in [3.63, 3.8) is 0 Å². The van der Waals surface area contributed by atoms with E-state index in [0.717, 1.165) is 0 Å². The first kappa shape index (κ1) is 12.9. The van der Waals surface area contributed by atoms with Crippen LogP contribution in [-0.4, -0.2) is 25.5 Å². The van der Waals surface area contributed by atoms with Crippen LogP contribution in [-0.2, 0) is 14.4 Å². The predicted molar refractivity (Wildman–Crippen MR) is 52.2 cm³/mol. The molecule has 0 bridgehead atoms. The minimum atomic E-state index is -0.419. The average molecular weight is 202 g/mol. The molecule has 0 aliphatic rings. The lowest BCUT2D eigenvalue weighted by Gasteiger charge is -2.17. The first-order valence-corrected chi connectivity index (χ1v) is 4.48. The molecule has 0 aromatic carbocycles. The van der Waals surface area contributed by atoms with Crippen LogP contribution in [0.25, 0.3) is 0 Å². The maximum absolute atomic E-state index is 11.3. The van der Waals surface area contributed by atoms with Gasteiger partial charge in [0.15, 0.2) is 0 Å². The number of rotatable bonds is 4. The van der Waals surface area contributed by atoms with Gasteiger partial charge in [-0.25, -0.2) is 5.48 Å². The smallest absolute Gasteiger partial charge is 0.245 e. The molecule has 0 aromatic rings. The Kier molecular flexibility index (Phi) is 5.15. The molecule has 0 unspecified atom stereocenters. The van der Waals surface area contributed by atoms with E-state index in [1.807, 2.05) is 20.8 Å².